The largest absolute Gasteiger partial charge is 0.451 e. The van der Waals surface area contributed by atoms with Crippen LogP contribution in [0.15, 0.2) is 54.6 Å². The summed E-state index contributed by atoms with van der Waals surface area (Å²) in [5, 5.41) is 1.81. The van der Waals surface area contributed by atoms with Crippen molar-refractivity contribution in [1.29, 1.82) is 0 Å². The quantitative estimate of drug-likeness (QED) is 0.487. The first-order chi connectivity index (χ1) is 9.70. The number of ether oxygens (including phenoxy) is 2. The van der Waals surface area contributed by atoms with E-state index < -0.39 is 18.5 Å². The minimum Gasteiger partial charge on any atom is -0.451 e. The van der Waals surface area contributed by atoms with E-state index in [1.54, 1.807) is 25.1 Å². The fourth-order valence-electron chi connectivity index (χ4n) is 1.75. The van der Waals surface area contributed by atoms with Gasteiger partial charge in [0.2, 0.25) is 0 Å². The van der Waals surface area contributed by atoms with Crippen molar-refractivity contribution in [2.45, 2.75) is 6.92 Å². The molecule has 0 aliphatic rings. The van der Waals surface area contributed by atoms with Crippen molar-refractivity contribution in [3.05, 3.63) is 54.6 Å². The van der Waals surface area contributed by atoms with Crippen LogP contribution in [-0.4, -0.2) is 18.5 Å². The second-order valence-electron chi connectivity index (χ2n) is 4.06. The maximum Gasteiger partial charge on any atom is 0.349 e. The molecule has 4 nitrogen and oxygen atoms in total. The summed E-state index contributed by atoms with van der Waals surface area (Å²) in [6.07, 6.45) is 2.78. The highest BCUT2D eigenvalue weighted by atomic mass is 16.6. The number of carbonyl (C=O) groups is 2. The van der Waals surface area contributed by atoms with Gasteiger partial charge in [0.25, 0.3) is 0 Å². The summed E-state index contributed by atoms with van der Waals surface area (Å²) in [7, 11) is 0. The third kappa shape index (κ3) is 3.45. The normalized spacial score (nSPS) is 10.7. The highest BCUT2D eigenvalue weighted by Crippen LogP contribution is 2.25. The summed E-state index contributed by atoms with van der Waals surface area (Å²) < 4.78 is 9.94. The number of esters is 2. The van der Waals surface area contributed by atoms with Gasteiger partial charge in [-0.15, -0.1) is 0 Å². The van der Waals surface area contributed by atoms with E-state index in [0.29, 0.717) is 5.75 Å². The van der Waals surface area contributed by atoms with Gasteiger partial charge in [0.15, 0.2) is 6.61 Å². The monoisotopic (exact) mass is 270 g/mol. The maximum atomic E-state index is 11.6. The summed E-state index contributed by atoms with van der Waals surface area (Å²) in [4.78, 5) is 22.7. The minimum atomic E-state index is -0.612. The van der Waals surface area contributed by atoms with E-state index >= 15 is 0 Å². The minimum absolute atomic E-state index is 0.410. The van der Waals surface area contributed by atoms with Gasteiger partial charge in [0.05, 0.1) is 0 Å². The molecule has 0 saturated heterocycles. The second kappa shape index (κ2) is 6.52. The number of allylic oxidation sites excluding steroid dienone is 1. The number of carbonyl (C=O) groups excluding carboxylic acids is 2. The van der Waals surface area contributed by atoms with Crippen LogP contribution in [-0.2, 0) is 14.3 Å². The molecule has 0 spiro atoms. The van der Waals surface area contributed by atoms with Crippen LogP contribution in [0, 0.1) is 0 Å². The average molecular weight is 270 g/mol. The molecule has 0 aromatic heterocycles. The number of hydrogen-bond acceptors (Lipinski definition) is 4. The molecule has 0 N–H and O–H groups in total. The first-order valence-corrected chi connectivity index (χ1v) is 6.18. The Balaban J connectivity index is 2.05. The predicted molar refractivity (Wildman–Crippen MR) is 75.4 cm³/mol. The van der Waals surface area contributed by atoms with Crippen LogP contribution in [0.3, 0.4) is 0 Å². The van der Waals surface area contributed by atoms with Gasteiger partial charge in [-0.2, -0.15) is 0 Å². The van der Waals surface area contributed by atoms with Gasteiger partial charge in [-0.3, -0.25) is 0 Å². The maximum absolute atomic E-state index is 11.6. The topological polar surface area (TPSA) is 52.6 Å². The van der Waals surface area contributed by atoms with Crippen LogP contribution < -0.4 is 4.74 Å². The van der Waals surface area contributed by atoms with Crippen LogP contribution in [0.25, 0.3) is 10.8 Å². The van der Waals surface area contributed by atoms with Gasteiger partial charge in [-0.25, -0.2) is 9.59 Å². The lowest BCUT2D eigenvalue weighted by molar-refractivity contribution is -0.150. The standard InChI is InChI=1S/C16H14O4/c1-2-6-15(17)19-11-16(18)20-14-10-5-8-12-7-3-4-9-13(12)14/h2-10H,11H2,1H3/b6-2+. The van der Waals surface area contributed by atoms with Crippen molar-refractivity contribution in [1.82, 2.24) is 0 Å². The summed E-state index contributed by atoms with van der Waals surface area (Å²) in [5.74, 6) is -0.725. The lowest BCUT2D eigenvalue weighted by Gasteiger charge is -2.07. The number of hydrogen-bond donors (Lipinski definition) is 0. The second-order valence-corrected chi connectivity index (χ2v) is 4.06. The molecule has 0 unspecified atom stereocenters. The van der Waals surface area contributed by atoms with Crippen LogP contribution in [0.2, 0.25) is 0 Å². The highest BCUT2D eigenvalue weighted by molar-refractivity contribution is 5.91. The van der Waals surface area contributed by atoms with Crippen LogP contribution in [0.1, 0.15) is 6.92 Å². The number of fused-ring (bicyclic) bond motifs is 1. The molecule has 102 valence electrons. The van der Waals surface area contributed by atoms with Gasteiger partial charge in [0.1, 0.15) is 5.75 Å². The summed E-state index contributed by atoms with van der Waals surface area (Å²) in [6.45, 7) is 1.28. The van der Waals surface area contributed by atoms with Crippen molar-refractivity contribution in [2.75, 3.05) is 6.61 Å². The van der Waals surface area contributed by atoms with Gasteiger partial charge in [-0.05, 0) is 18.4 Å². The Kier molecular flexibility index (Phi) is 4.50. The van der Waals surface area contributed by atoms with Crippen molar-refractivity contribution in [2.24, 2.45) is 0 Å². The van der Waals surface area contributed by atoms with E-state index in [0.717, 1.165) is 10.8 Å². The number of benzene rings is 2. The Morgan fingerprint density at radius 3 is 2.65 bits per heavy atom. The summed E-state index contributed by atoms with van der Waals surface area (Å²) >= 11 is 0. The van der Waals surface area contributed by atoms with Crippen LogP contribution >= 0.6 is 0 Å². The molecule has 2 aromatic carbocycles. The molecule has 0 amide bonds. The zero-order chi connectivity index (χ0) is 14.4. The third-order valence-electron chi connectivity index (χ3n) is 2.61. The fourth-order valence-corrected chi connectivity index (χ4v) is 1.75. The van der Waals surface area contributed by atoms with Gasteiger partial charge >= 0.3 is 11.9 Å². The molecule has 0 atom stereocenters. The molecule has 0 radical (unpaired) electrons. The molecule has 0 bridgehead atoms. The van der Waals surface area contributed by atoms with E-state index in [4.69, 9.17) is 9.47 Å². The van der Waals surface area contributed by atoms with Gasteiger partial charge in [0, 0.05) is 11.5 Å². The molecule has 0 aliphatic carbocycles. The van der Waals surface area contributed by atoms with E-state index in [-0.39, 0.29) is 0 Å². The molecule has 0 heterocycles. The molecule has 20 heavy (non-hydrogen) atoms. The Morgan fingerprint density at radius 1 is 1.10 bits per heavy atom. The third-order valence-corrected chi connectivity index (χ3v) is 2.61. The molecular weight excluding hydrogens is 256 g/mol. The molecule has 0 saturated carbocycles. The molecule has 4 heteroatoms. The zero-order valence-corrected chi connectivity index (χ0v) is 11.0. The lowest BCUT2D eigenvalue weighted by atomic mass is 10.1. The molecule has 2 aromatic rings. The fraction of sp³-hybridized carbons (Fsp3) is 0.125. The average Bonchev–Trinajstić information content (AvgIpc) is 2.46. The van der Waals surface area contributed by atoms with Crippen molar-refractivity contribution in [3.8, 4) is 5.75 Å². The summed E-state index contributed by atoms with van der Waals surface area (Å²) in [5.41, 5.74) is 0. The lowest BCUT2D eigenvalue weighted by Crippen LogP contribution is -2.17. The van der Waals surface area contributed by atoms with E-state index in [9.17, 15) is 9.59 Å². The Labute approximate surface area is 116 Å². The smallest absolute Gasteiger partial charge is 0.349 e. The molecule has 2 rings (SSSR count). The highest BCUT2D eigenvalue weighted by Gasteiger charge is 2.09. The van der Waals surface area contributed by atoms with E-state index in [1.165, 1.54) is 6.08 Å². The molecule has 0 aliphatic heterocycles. The van der Waals surface area contributed by atoms with E-state index in [1.807, 2.05) is 30.3 Å². The Morgan fingerprint density at radius 2 is 1.85 bits per heavy atom. The first kappa shape index (κ1) is 13.8. The van der Waals surface area contributed by atoms with Crippen molar-refractivity contribution in [3.63, 3.8) is 0 Å². The summed E-state index contributed by atoms with van der Waals surface area (Å²) in [6, 6.07) is 13.0. The van der Waals surface area contributed by atoms with E-state index in [2.05, 4.69) is 0 Å². The first-order valence-electron chi connectivity index (χ1n) is 6.18. The molecule has 0 fully saturated rings. The zero-order valence-electron chi connectivity index (χ0n) is 11.0. The van der Waals surface area contributed by atoms with Crippen LogP contribution in [0.5, 0.6) is 5.75 Å². The Bertz CT molecular complexity index is 653. The number of rotatable bonds is 4. The SMILES string of the molecule is C/C=C/C(=O)OCC(=O)Oc1cccc2ccccc12. The van der Waals surface area contributed by atoms with Crippen LogP contribution in [0.4, 0.5) is 0 Å². The predicted octanol–water partition coefficient (Wildman–Crippen LogP) is 2.86. The molecular formula is C16H14O4. The van der Waals surface area contributed by atoms with Crippen molar-refractivity contribution < 1.29 is 19.1 Å². The van der Waals surface area contributed by atoms with Gasteiger partial charge < -0.3 is 9.47 Å². The Hall–Kier alpha value is -2.62. The van der Waals surface area contributed by atoms with Gasteiger partial charge in [-0.1, -0.05) is 42.5 Å². The van der Waals surface area contributed by atoms with Crippen molar-refractivity contribution >= 4 is 22.7 Å².